The minimum absolute atomic E-state index is 0.0447. The number of anilines is 1. The van der Waals surface area contributed by atoms with Crippen LogP contribution in [-0.2, 0) is 26.2 Å². The summed E-state index contributed by atoms with van der Waals surface area (Å²) in [5.74, 6) is -0.453. The molecule has 0 spiro atoms. The zero-order valence-corrected chi connectivity index (χ0v) is 23.7. The molecule has 0 aliphatic rings. The van der Waals surface area contributed by atoms with Crippen LogP contribution in [0.2, 0.25) is 0 Å². The Morgan fingerprint density at radius 2 is 1.46 bits per heavy atom. The number of nitrogens with one attached hydrogen (secondary N) is 1. The van der Waals surface area contributed by atoms with Crippen LogP contribution in [0.5, 0.6) is 5.75 Å². The third-order valence-electron chi connectivity index (χ3n) is 6.06. The second-order valence-corrected chi connectivity index (χ2v) is 11.2. The number of rotatable bonds is 13. The van der Waals surface area contributed by atoms with Gasteiger partial charge in [-0.05, 0) is 57.0 Å². The van der Waals surface area contributed by atoms with Crippen molar-refractivity contribution in [3.63, 3.8) is 0 Å². The molecule has 0 heterocycles. The van der Waals surface area contributed by atoms with Gasteiger partial charge in [-0.1, -0.05) is 67.6 Å². The summed E-state index contributed by atoms with van der Waals surface area (Å²) in [6.45, 7) is 7.30. The molecule has 0 aliphatic carbocycles. The lowest BCUT2D eigenvalue weighted by Crippen LogP contribution is -2.53. The van der Waals surface area contributed by atoms with Gasteiger partial charge in [-0.25, -0.2) is 8.42 Å². The molecule has 1 N–H and O–H groups in total. The van der Waals surface area contributed by atoms with Gasteiger partial charge < -0.3 is 15.0 Å². The van der Waals surface area contributed by atoms with Gasteiger partial charge in [0.05, 0.1) is 17.2 Å². The lowest BCUT2D eigenvalue weighted by atomic mass is 10.1. The van der Waals surface area contributed by atoms with E-state index in [1.807, 2.05) is 51.1 Å². The van der Waals surface area contributed by atoms with Crippen LogP contribution in [0.3, 0.4) is 0 Å². The Labute approximate surface area is 231 Å². The number of sulfonamides is 1. The first-order valence-electron chi connectivity index (χ1n) is 13.1. The van der Waals surface area contributed by atoms with Crippen LogP contribution in [0.15, 0.2) is 89.8 Å². The van der Waals surface area contributed by atoms with Gasteiger partial charge >= 0.3 is 0 Å². The van der Waals surface area contributed by atoms with Crippen LogP contribution in [0.4, 0.5) is 5.69 Å². The molecule has 2 amide bonds. The number of nitrogens with zero attached hydrogens (tertiary/aromatic N) is 2. The summed E-state index contributed by atoms with van der Waals surface area (Å²) in [7, 11) is -4.16. The molecule has 0 saturated heterocycles. The molecule has 3 rings (SSSR count). The van der Waals surface area contributed by atoms with Crippen molar-refractivity contribution in [3.05, 3.63) is 90.5 Å². The monoisotopic (exact) mass is 551 g/mol. The Morgan fingerprint density at radius 1 is 0.872 bits per heavy atom. The number of amides is 2. The van der Waals surface area contributed by atoms with E-state index < -0.39 is 28.5 Å². The lowest BCUT2D eigenvalue weighted by Gasteiger charge is -2.34. The van der Waals surface area contributed by atoms with E-state index in [1.165, 1.54) is 17.0 Å². The number of para-hydroxylation sites is 2. The Bertz CT molecular complexity index is 1330. The molecule has 39 heavy (non-hydrogen) atoms. The molecule has 9 heteroatoms. The fraction of sp³-hybridized carbons (Fsp3) is 0.333. The van der Waals surface area contributed by atoms with Crippen LogP contribution >= 0.6 is 0 Å². The molecule has 0 fully saturated rings. The second kappa shape index (κ2) is 13.8. The number of carbonyl (C=O) groups is 2. The SMILES string of the molecule is CCOc1ccccc1N(CC(=O)N(Cc1ccccc1)[C@H](CC)C(=O)NC(C)C)S(=O)(=O)c1ccccc1. The van der Waals surface area contributed by atoms with E-state index in [0.717, 1.165) is 9.87 Å². The predicted molar refractivity (Wildman–Crippen MR) is 153 cm³/mol. The van der Waals surface area contributed by atoms with Crippen molar-refractivity contribution in [2.45, 2.75) is 57.6 Å². The van der Waals surface area contributed by atoms with E-state index in [-0.39, 0.29) is 29.1 Å². The Morgan fingerprint density at radius 3 is 2.05 bits per heavy atom. The second-order valence-electron chi connectivity index (χ2n) is 9.32. The van der Waals surface area contributed by atoms with E-state index in [2.05, 4.69) is 5.32 Å². The standard InChI is InChI=1S/C30H37N3O5S/c1-5-26(30(35)31-23(3)4)32(21-24-15-9-7-10-16-24)29(34)22-33(27-19-13-14-20-28(27)38-6-2)39(36,37)25-17-11-8-12-18-25/h7-20,23,26H,5-6,21-22H2,1-4H3,(H,31,35)/t26-/m1/s1. The van der Waals surface area contributed by atoms with Gasteiger partial charge in [-0.15, -0.1) is 0 Å². The van der Waals surface area contributed by atoms with Crippen LogP contribution in [-0.4, -0.2) is 50.4 Å². The van der Waals surface area contributed by atoms with E-state index >= 15 is 0 Å². The summed E-state index contributed by atoms with van der Waals surface area (Å²) in [5, 5.41) is 2.90. The summed E-state index contributed by atoms with van der Waals surface area (Å²) in [6.07, 6.45) is 0.359. The van der Waals surface area contributed by atoms with Crippen molar-refractivity contribution in [2.24, 2.45) is 0 Å². The Hall–Kier alpha value is -3.85. The van der Waals surface area contributed by atoms with Gasteiger partial charge in [0.25, 0.3) is 10.0 Å². The van der Waals surface area contributed by atoms with Crippen molar-refractivity contribution in [3.8, 4) is 5.75 Å². The highest BCUT2D eigenvalue weighted by Crippen LogP contribution is 2.33. The van der Waals surface area contributed by atoms with Gasteiger partial charge in [0.15, 0.2) is 0 Å². The maximum absolute atomic E-state index is 14.1. The number of ether oxygens (including phenoxy) is 1. The molecule has 1 atom stereocenters. The van der Waals surface area contributed by atoms with Gasteiger partial charge in [-0.3, -0.25) is 13.9 Å². The van der Waals surface area contributed by atoms with E-state index in [1.54, 1.807) is 49.4 Å². The molecule has 8 nitrogen and oxygen atoms in total. The smallest absolute Gasteiger partial charge is 0.264 e. The molecule has 0 radical (unpaired) electrons. The summed E-state index contributed by atoms with van der Waals surface area (Å²) in [6, 6.07) is 23.1. The summed E-state index contributed by atoms with van der Waals surface area (Å²) in [5.41, 5.74) is 1.07. The summed E-state index contributed by atoms with van der Waals surface area (Å²) < 4.78 is 34.7. The molecule has 0 unspecified atom stereocenters. The molecule has 3 aromatic rings. The maximum atomic E-state index is 14.1. The fourth-order valence-corrected chi connectivity index (χ4v) is 5.70. The summed E-state index contributed by atoms with van der Waals surface area (Å²) >= 11 is 0. The largest absolute Gasteiger partial charge is 0.492 e. The molecule has 0 aromatic heterocycles. The molecule has 0 bridgehead atoms. The van der Waals surface area contributed by atoms with Crippen molar-refractivity contribution < 1.29 is 22.7 Å². The van der Waals surface area contributed by atoms with Gasteiger partial charge in [0, 0.05) is 12.6 Å². The van der Waals surface area contributed by atoms with E-state index in [4.69, 9.17) is 4.74 Å². The minimum atomic E-state index is -4.16. The van der Waals surface area contributed by atoms with E-state index in [9.17, 15) is 18.0 Å². The average molecular weight is 552 g/mol. The molecule has 0 saturated carbocycles. The fourth-order valence-electron chi connectivity index (χ4n) is 4.25. The molecule has 0 aliphatic heterocycles. The highest BCUT2D eigenvalue weighted by atomic mass is 32.2. The topological polar surface area (TPSA) is 96.0 Å². The van der Waals surface area contributed by atoms with Crippen LogP contribution in [0.25, 0.3) is 0 Å². The highest BCUT2D eigenvalue weighted by Gasteiger charge is 2.34. The Balaban J connectivity index is 2.09. The highest BCUT2D eigenvalue weighted by molar-refractivity contribution is 7.92. The molecular weight excluding hydrogens is 514 g/mol. The quantitative estimate of drug-likeness (QED) is 0.335. The number of benzene rings is 3. The van der Waals surface area contributed by atoms with Crippen LogP contribution in [0.1, 0.15) is 39.7 Å². The van der Waals surface area contributed by atoms with Crippen molar-refractivity contribution in [2.75, 3.05) is 17.5 Å². The van der Waals surface area contributed by atoms with Crippen molar-refractivity contribution in [1.29, 1.82) is 0 Å². The van der Waals surface area contributed by atoms with Crippen molar-refractivity contribution >= 4 is 27.5 Å². The minimum Gasteiger partial charge on any atom is -0.492 e. The molecule has 3 aromatic carbocycles. The zero-order chi connectivity index (χ0) is 28.4. The summed E-state index contributed by atoms with van der Waals surface area (Å²) in [4.78, 5) is 28.8. The number of hydrogen-bond donors (Lipinski definition) is 1. The first-order valence-corrected chi connectivity index (χ1v) is 14.6. The Kier molecular flexibility index (Phi) is 10.5. The van der Waals surface area contributed by atoms with E-state index in [0.29, 0.717) is 18.8 Å². The number of carbonyl (C=O) groups excluding carboxylic acids is 2. The average Bonchev–Trinajstić information content (AvgIpc) is 2.92. The molecule has 208 valence electrons. The lowest BCUT2D eigenvalue weighted by molar-refractivity contribution is -0.140. The zero-order valence-electron chi connectivity index (χ0n) is 22.9. The van der Waals surface area contributed by atoms with Gasteiger partial charge in [-0.2, -0.15) is 0 Å². The predicted octanol–water partition coefficient (Wildman–Crippen LogP) is 4.61. The van der Waals surface area contributed by atoms with Crippen LogP contribution in [0, 0.1) is 0 Å². The maximum Gasteiger partial charge on any atom is 0.264 e. The van der Waals surface area contributed by atoms with Crippen molar-refractivity contribution in [1.82, 2.24) is 10.2 Å². The third-order valence-corrected chi connectivity index (χ3v) is 7.83. The normalized spacial score (nSPS) is 12.0. The van der Waals surface area contributed by atoms with Gasteiger partial charge in [0.2, 0.25) is 11.8 Å². The first-order chi connectivity index (χ1) is 18.7. The first kappa shape index (κ1) is 29.7. The third kappa shape index (κ3) is 7.60. The molecular formula is C30H37N3O5S. The van der Waals surface area contributed by atoms with Gasteiger partial charge in [0.1, 0.15) is 18.3 Å². The van der Waals surface area contributed by atoms with Crippen LogP contribution < -0.4 is 14.4 Å². The number of hydrogen-bond acceptors (Lipinski definition) is 5.